The predicted molar refractivity (Wildman–Crippen MR) is 158 cm³/mol. The van der Waals surface area contributed by atoms with Gasteiger partial charge in [-0.2, -0.15) is 0 Å². The summed E-state index contributed by atoms with van der Waals surface area (Å²) < 4.78 is 56.2. The van der Waals surface area contributed by atoms with Gasteiger partial charge in [0.05, 0.1) is 35.5 Å². The van der Waals surface area contributed by atoms with E-state index in [-0.39, 0.29) is 23.4 Å². The zero-order valence-corrected chi connectivity index (χ0v) is 24.1. The molecule has 4 aromatic rings. The number of nitrogens with zero attached hydrogens (tertiary/aromatic N) is 3. The molecule has 1 aliphatic rings. The molecule has 1 saturated heterocycles. The van der Waals surface area contributed by atoms with Gasteiger partial charge in [-0.1, -0.05) is 57.2 Å². The monoisotopic (exact) mass is 580 g/mol. The van der Waals surface area contributed by atoms with Gasteiger partial charge in [0.25, 0.3) is 0 Å². The minimum atomic E-state index is -3.81. The molecule has 8 nitrogen and oxygen atoms in total. The fourth-order valence-corrected chi connectivity index (χ4v) is 6.34. The van der Waals surface area contributed by atoms with E-state index in [4.69, 9.17) is 9.97 Å². The van der Waals surface area contributed by atoms with E-state index in [0.29, 0.717) is 53.3 Å². The first-order chi connectivity index (χ1) is 19.5. The lowest BCUT2D eigenvalue weighted by Crippen LogP contribution is -2.49. The molecule has 2 aromatic carbocycles. The van der Waals surface area contributed by atoms with Gasteiger partial charge >= 0.3 is 0 Å². The second-order valence-electron chi connectivity index (χ2n) is 11.3. The van der Waals surface area contributed by atoms with Crippen molar-refractivity contribution in [2.75, 3.05) is 29.8 Å². The van der Waals surface area contributed by atoms with Crippen molar-refractivity contribution >= 4 is 32.7 Å². The molecule has 0 saturated carbocycles. The van der Waals surface area contributed by atoms with Gasteiger partial charge in [-0.3, -0.25) is 9.11 Å². The van der Waals surface area contributed by atoms with Crippen LogP contribution in [-0.2, 0) is 15.8 Å². The number of fused-ring (bicyclic) bond motifs is 1. The van der Waals surface area contributed by atoms with E-state index in [1.807, 2.05) is 26.8 Å². The fraction of sp³-hybridized carbons (Fsp3) is 0.367. The molecule has 0 radical (unpaired) electrons. The third-order valence-corrected chi connectivity index (χ3v) is 8.51. The highest BCUT2D eigenvalue weighted by Crippen LogP contribution is 2.32. The van der Waals surface area contributed by atoms with E-state index in [1.165, 1.54) is 12.1 Å². The van der Waals surface area contributed by atoms with Gasteiger partial charge in [0.1, 0.15) is 11.3 Å². The van der Waals surface area contributed by atoms with E-state index in [0.717, 1.165) is 5.56 Å². The maximum Gasteiger partial charge on any atom is 0.237 e. The largest absolute Gasteiger partial charge is 0.350 e. The first-order valence-electron chi connectivity index (χ1n) is 13.6. The molecule has 0 amide bonds. The molecule has 11 heteroatoms. The van der Waals surface area contributed by atoms with Crippen molar-refractivity contribution in [2.24, 2.45) is 5.41 Å². The van der Waals surface area contributed by atoms with Crippen LogP contribution in [-0.4, -0.2) is 49.2 Å². The molecular formula is C30H34F2N6O2S. The number of hydrogen-bond donors (Lipinski definition) is 3. The number of sulfonamides is 1. The lowest BCUT2D eigenvalue weighted by Gasteiger charge is -2.37. The van der Waals surface area contributed by atoms with E-state index < -0.39 is 27.9 Å². The number of hydrogen-bond acceptors (Lipinski definition) is 7. The van der Waals surface area contributed by atoms with Crippen LogP contribution < -0.4 is 15.4 Å². The number of benzene rings is 2. The van der Waals surface area contributed by atoms with Gasteiger partial charge in [0.15, 0.2) is 0 Å². The Labute approximate surface area is 239 Å². The number of anilines is 2. The van der Waals surface area contributed by atoms with Crippen LogP contribution in [0.2, 0.25) is 0 Å². The highest BCUT2D eigenvalue weighted by atomic mass is 32.2. The van der Waals surface area contributed by atoms with Gasteiger partial charge < -0.3 is 10.6 Å². The molecule has 0 unspecified atom stereocenters. The van der Waals surface area contributed by atoms with Crippen molar-refractivity contribution < 1.29 is 17.2 Å². The number of halogens is 2. The average molecular weight is 581 g/mol. The number of piperidine rings is 1. The molecule has 5 rings (SSSR count). The molecule has 41 heavy (non-hydrogen) atoms. The topological polar surface area (TPSA) is 109 Å². The third kappa shape index (κ3) is 6.79. The number of aromatic nitrogens is 3. The van der Waals surface area contributed by atoms with Crippen LogP contribution >= 0.6 is 0 Å². The standard InChI is InChI=1S/C30H34F2N6O2S/c1-19(2)23-12-26(21-9-10-25(24(32)11-21)38-41(39,40)16-20-7-5-4-6-8-20)36-27-15-34-29(37-28(23)27)35-22-13-30(3,17-31)18-33-14-22/h4-12,15,19,22,33,38H,13-14,16-18H2,1-3H3,(H,34,35,37)/t22-,30+/m0/s1. The van der Waals surface area contributed by atoms with Crippen LogP contribution in [0.5, 0.6) is 0 Å². The Kier molecular flexibility index (Phi) is 8.19. The quantitative estimate of drug-likeness (QED) is 0.235. The number of alkyl halides is 1. The summed E-state index contributed by atoms with van der Waals surface area (Å²) in [5.74, 6) is -0.434. The van der Waals surface area contributed by atoms with Crippen LogP contribution in [0, 0.1) is 11.2 Å². The molecule has 3 N–H and O–H groups in total. The minimum absolute atomic E-state index is 0.0108. The predicted octanol–water partition coefficient (Wildman–Crippen LogP) is 5.65. The third-order valence-electron chi connectivity index (χ3n) is 7.27. The first-order valence-corrected chi connectivity index (χ1v) is 15.2. The Hall–Kier alpha value is -3.70. The smallest absolute Gasteiger partial charge is 0.237 e. The van der Waals surface area contributed by atoms with Crippen LogP contribution in [0.1, 0.15) is 44.2 Å². The molecular weight excluding hydrogens is 546 g/mol. The molecule has 0 aliphatic carbocycles. The summed E-state index contributed by atoms with van der Waals surface area (Å²) in [5, 5.41) is 6.62. The highest BCUT2D eigenvalue weighted by molar-refractivity contribution is 7.91. The molecule has 0 bridgehead atoms. The number of rotatable bonds is 9. The van der Waals surface area contributed by atoms with E-state index in [1.54, 1.807) is 42.6 Å². The van der Waals surface area contributed by atoms with Crippen LogP contribution in [0.25, 0.3) is 22.3 Å². The maximum absolute atomic E-state index is 15.1. The van der Waals surface area contributed by atoms with Crippen molar-refractivity contribution in [1.29, 1.82) is 0 Å². The van der Waals surface area contributed by atoms with Crippen LogP contribution in [0.3, 0.4) is 0 Å². The van der Waals surface area contributed by atoms with Gasteiger partial charge in [0.2, 0.25) is 16.0 Å². The molecule has 2 aromatic heterocycles. The van der Waals surface area contributed by atoms with Crippen LogP contribution in [0.15, 0.2) is 60.8 Å². The maximum atomic E-state index is 15.1. The summed E-state index contributed by atoms with van der Waals surface area (Å²) in [5.41, 5.74) is 3.22. The molecule has 1 fully saturated rings. The van der Waals surface area contributed by atoms with Crippen molar-refractivity contribution in [3.63, 3.8) is 0 Å². The second-order valence-corrected chi connectivity index (χ2v) is 13.1. The summed E-state index contributed by atoms with van der Waals surface area (Å²) in [7, 11) is -3.81. The second kappa shape index (κ2) is 11.7. The summed E-state index contributed by atoms with van der Waals surface area (Å²) in [6.07, 6.45) is 2.29. The van der Waals surface area contributed by atoms with E-state index >= 15 is 4.39 Å². The van der Waals surface area contributed by atoms with Crippen molar-refractivity contribution in [3.05, 3.63) is 77.7 Å². The number of nitrogens with one attached hydrogen (secondary N) is 3. The van der Waals surface area contributed by atoms with Gasteiger partial charge in [-0.25, -0.2) is 27.8 Å². The van der Waals surface area contributed by atoms with Gasteiger partial charge in [0, 0.05) is 30.1 Å². The zero-order valence-electron chi connectivity index (χ0n) is 23.3. The fourth-order valence-electron chi connectivity index (χ4n) is 5.13. The highest BCUT2D eigenvalue weighted by Gasteiger charge is 2.32. The van der Waals surface area contributed by atoms with Crippen LogP contribution in [0.4, 0.5) is 20.4 Å². The average Bonchev–Trinajstić information content (AvgIpc) is 2.93. The van der Waals surface area contributed by atoms with Crippen molar-refractivity contribution in [2.45, 2.75) is 44.9 Å². The SMILES string of the molecule is CC(C)c1cc(-c2ccc(NS(=O)(=O)Cc3ccccc3)c(F)c2)nc2cnc(N[C@@H]3CNC[C@@](C)(CF)C3)nc12. The molecule has 3 heterocycles. The Morgan fingerprint density at radius 2 is 1.90 bits per heavy atom. The normalized spacial score (nSPS) is 19.4. The Morgan fingerprint density at radius 1 is 1.12 bits per heavy atom. The summed E-state index contributed by atoms with van der Waals surface area (Å²) in [4.78, 5) is 13.9. The summed E-state index contributed by atoms with van der Waals surface area (Å²) >= 11 is 0. The Balaban J connectivity index is 1.39. The van der Waals surface area contributed by atoms with Gasteiger partial charge in [-0.15, -0.1) is 0 Å². The minimum Gasteiger partial charge on any atom is -0.350 e. The molecule has 0 spiro atoms. The lowest BCUT2D eigenvalue weighted by molar-refractivity contribution is 0.168. The van der Waals surface area contributed by atoms with Crippen molar-refractivity contribution in [3.8, 4) is 11.3 Å². The number of pyridine rings is 1. The molecule has 216 valence electrons. The lowest BCUT2D eigenvalue weighted by atomic mass is 9.82. The van der Waals surface area contributed by atoms with E-state index in [9.17, 15) is 12.8 Å². The summed E-state index contributed by atoms with van der Waals surface area (Å²) in [6.45, 7) is 6.92. The Morgan fingerprint density at radius 3 is 2.61 bits per heavy atom. The Bertz CT molecular complexity index is 1650. The van der Waals surface area contributed by atoms with Gasteiger partial charge in [-0.05, 0) is 41.7 Å². The summed E-state index contributed by atoms with van der Waals surface area (Å²) in [6, 6.07) is 14.9. The first kappa shape index (κ1) is 28.8. The van der Waals surface area contributed by atoms with E-state index in [2.05, 4.69) is 20.3 Å². The van der Waals surface area contributed by atoms with Crippen molar-refractivity contribution in [1.82, 2.24) is 20.3 Å². The molecule has 2 atom stereocenters. The zero-order chi connectivity index (χ0) is 29.2. The molecule has 1 aliphatic heterocycles.